The lowest BCUT2D eigenvalue weighted by atomic mass is 10.2. The number of hydrogen-bond donors (Lipinski definition) is 1. The third kappa shape index (κ3) is 3.63. The first-order valence-corrected chi connectivity index (χ1v) is 8.72. The molecule has 0 spiro atoms. The summed E-state index contributed by atoms with van der Waals surface area (Å²) in [6, 6.07) is 9.16. The first-order valence-electron chi connectivity index (χ1n) is 7.84. The summed E-state index contributed by atoms with van der Waals surface area (Å²) in [4.78, 5) is 13.0. The van der Waals surface area contributed by atoms with Gasteiger partial charge in [-0.1, -0.05) is 6.07 Å². The minimum absolute atomic E-state index is 0.132. The van der Waals surface area contributed by atoms with Gasteiger partial charge in [0.15, 0.2) is 11.5 Å². The summed E-state index contributed by atoms with van der Waals surface area (Å²) < 4.78 is 16.5. The van der Waals surface area contributed by atoms with Crippen molar-refractivity contribution in [1.29, 1.82) is 0 Å². The molecule has 0 fully saturated rings. The number of rotatable bonds is 5. The Morgan fingerprint density at radius 1 is 1.16 bits per heavy atom. The summed E-state index contributed by atoms with van der Waals surface area (Å²) in [7, 11) is 0. The molecule has 4 rings (SSSR count). The van der Waals surface area contributed by atoms with Crippen molar-refractivity contribution < 1.29 is 18.7 Å². The van der Waals surface area contributed by atoms with Crippen LogP contribution in [-0.2, 0) is 11.2 Å². The molecule has 1 aliphatic rings. The Hall–Kier alpha value is -2.87. The highest BCUT2D eigenvalue weighted by atomic mass is 32.1. The van der Waals surface area contributed by atoms with Crippen molar-refractivity contribution in [2.24, 2.45) is 0 Å². The van der Waals surface area contributed by atoms with Gasteiger partial charge in [0.25, 0.3) is 5.89 Å². The van der Waals surface area contributed by atoms with Crippen molar-refractivity contribution in [1.82, 2.24) is 10.2 Å². The molecule has 128 valence electrons. The molecule has 7 nitrogen and oxygen atoms in total. The lowest BCUT2D eigenvalue weighted by Crippen LogP contribution is -2.16. The number of anilines is 1. The summed E-state index contributed by atoms with van der Waals surface area (Å²) in [6.45, 7) is 1.05. The summed E-state index contributed by atoms with van der Waals surface area (Å²) in [6.07, 6.45) is 0.634. The third-order valence-corrected chi connectivity index (χ3v) is 4.45. The second-order valence-corrected chi connectivity index (χ2v) is 6.33. The van der Waals surface area contributed by atoms with Gasteiger partial charge in [-0.3, -0.25) is 4.79 Å². The fourth-order valence-electron chi connectivity index (χ4n) is 2.42. The molecular formula is C17H15N3O4S. The van der Waals surface area contributed by atoms with Gasteiger partial charge < -0.3 is 19.2 Å². The van der Waals surface area contributed by atoms with E-state index in [4.69, 9.17) is 13.9 Å². The molecule has 1 amide bonds. The maximum atomic E-state index is 12.1. The summed E-state index contributed by atoms with van der Waals surface area (Å²) in [5, 5.41) is 12.8. The molecule has 0 bridgehead atoms. The molecule has 25 heavy (non-hydrogen) atoms. The Morgan fingerprint density at radius 3 is 2.88 bits per heavy atom. The lowest BCUT2D eigenvalue weighted by Gasteiger charge is -2.18. The standard InChI is InChI=1S/C17H15N3O4S/c21-15(18-11-3-4-12-13(10-11)23-8-7-22-12)5-6-16-19-20-17(24-16)14-2-1-9-25-14/h1-4,9-10H,5-8H2,(H,18,21). The van der Waals surface area contributed by atoms with Crippen molar-refractivity contribution in [3.63, 3.8) is 0 Å². The first-order chi connectivity index (χ1) is 12.3. The SMILES string of the molecule is O=C(CCc1nnc(-c2cccs2)o1)Nc1ccc2c(c1)OCCO2. The van der Waals surface area contributed by atoms with E-state index in [0.29, 0.717) is 48.6 Å². The topological polar surface area (TPSA) is 86.5 Å². The summed E-state index contributed by atoms with van der Waals surface area (Å²) in [5.74, 6) is 2.13. The zero-order valence-electron chi connectivity index (χ0n) is 13.2. The van der Waals surface area contributed by atoms with Gasteiger partial charge in [0.2, 0.25) is 11.8 Å². The molecule has 0 saturated heterocycles. The van der Waals surface area contributed by atoms with E-state index in [-0.39, 0.29) is 12.3 Å². The Kier molecular flexibility index (Phi) is 4.34. The second-order valence-electron chi connectivity index (χ2n) is 5.38. The molecule has 1 aromatic carbocycles. The molecule has 0 atom stereocenters. The molecule has 3 aromatic rings. The van der Waals surface area contributed by atoms with Crippen LogP contribution in [0.3, 0.4) is 0 Å². The number of amides is 1. The largest absolute Gasteiger partial charge is 0.486 e. The Labute approximate surface area is 147 Å². The van der Waals surface area contributed by atoms with Crippen LogP contribution in [0.25, 0.3) is 10.8 Å². The molecule has 0 aliphatic carbocycles. The van der Waals surface area contributed by atoms with Crippen LogP contribution in [0.1, 0.15) is 12.3 Å². The molecular weight excluding hydrogens is 342 g/mol. The van der Waals surface area contributed by atoms with E-state index in [2.05, 4.69) is 15.5 Å². The van der Waals surface area contributed by atoms with E-state index in [1.54, 1.807) is 18.2 Å². The van der Waals surface area contributed by atoms with Crippen LogP contribution in [0.15, 0.2) is 40.1 Å². The molecule has 0 saturated carbocycles. The highest BCUT2D eigenvalue weighted by Gasteiger charge is 2.14. The monoisotopic (exact) mass is 357 g/mol. The molecule has 8 heteroatoms. The van der Waals surface area contributed by atoms with Gasteiger partial charge in [-0.05, 0) is 23.6 Å². The zero-order valence-corrected chi connectivity index (χ0v) is 14.0. The number of thiophene rings is 1. The van der Waals surface area contributed by atoms with Crippen LogP contribution in [0.2, 0.25) is 0 Å². The molecule has 1 N–H and O–H groups in total. The molecule has 3 heterocycles. The van der Waals surface area contributed by atoms with E-state index in [0.717, 1.165) is 4.88 Å². The van der Waals surface area contributed by atoms with E-state index < -0.39 is 0 Å². The van der Waals surface area contributed by atoms with Crippen LogP contribution in [0.5, 0.6) is 11.5 Å². The van der Waals surface area contributed by atoms with Crippen LogP contribution in [0.4, 0.5) is 5.69 Å². The van der Waals surface area contributed by atoms with E-state index in [9.17, 15) is 4.79 Å². The smallest absolute Gasteiger partial charge is 0.257 e. The lowest BCUT2D eigenvalue weighted by molar-refractivity contribution is -0.116. The Morgan fingerprint density at radius 2 is 2.04 bits per heavy atom. The maximum Gasteiger partial charge on any atom is 0.257 e. The van der Waals surface area contributed by atoms with Gasteiger partial charge in [0.05, 0.1) is 4.88 Å². The molecule has 2 aromatic heterocycles. The predicted octanol–water partition coefficient (Wildman–Crippen LogP) is 3.14. The highest BCUT2D eigenvalue weighted by Crippen LogP contribution is 2.32. The average Bonchev–Trinajstić information content (AvgIpc) is 3.31. The normalized spacial score (nSPS) is 12.8. The van der Waals surface area contributed by atoms with Crippen molar-refractivity contribution >= 4 is 22.9 Å². The number of nitrogens with one attached hydrogen (secondary N) is 1. The minimum atomic E-state index is -0.132. The van der Waals surface area contributed by atoms with Crippen molar-refractivity contribution in [3.05, 3.63) is 41.6 Å². The van der Waals surface area contributed by atoms with Gasteiger partial charge in [-0.2, -0.15) is 0 Å². The number of aromatic nitrogens is 2. The zero-order chi connectivity index (χ0) is 17.1. The fourth-order valence-corrected chi connectivity index (χ4v) is 3.06. The van der Waals surface area contributed by atoms with Gasteiger partial charge in [0.1, 0.15) is 13.2 Å². The number of carbonyl (C=O) groups is 1. The highest BCUT2D eigenvalue weighted by molar-refractivity contribution is 7.13. The Bertz CT molecular complexity index is 876. The van der Waals surface area contributed by atoms with Gasteiger partial charge in [0, 0.05) is 24.6 Å². The molecule has 0 radical (unpaired) electrons. The van der Waals surface area contributed by atoms with Crippen LogP contribution in [0, 0.1) is 0 Å². The van der Waals surface area contributed by atoms with Crippen LogP contribution >= 0.6 is 11.3 Å². The van der Waals surface area contributed by atoms with Crippen molar-refractivity contribution in [2.75, 3.05) is 18.5 Å². The number of carbonyl (C=O) groups excluding carboxylic acids is 1. The first kappa shape index (κ1) is 15.6. The molecule has 1 aliphatic heterocycles. The fraction of sp³-hybridized carbons (Fsp3) is 0.235. The summed E-state index contributed by atoms with van der Waals surface area (Å²) >= 11 is 1.53. The van der Waals surface area contributed by atoms with Crippen molar-refractivity contribution in [3.8, 4) is 22.3 Å². The quantitative estimate of drug-likeness (QED) is 0.755. The predicted molar refractivity (Wildman–Crippen MR) is 92.0 cm³/mol. The van der Waals surface area contributed by atoms with Gasteiger partial charge in [-0.25, -0.2) is 0 Å². The van der Waals surface area contributed by atoms with E-state index in [1.165, 1.54) is 11.3 Å². The average molecular weight is 357 g/mol. The number of nitrogens with zero attached hydrogens (tertiary/aromatic N) is 2. The van der Waals surface area contributed by atoms with Gasteiger partial charge >= 0.3 is 0 Å². The minimum Gasteiger partial charge on any atom is -0.486 e. The summed E-state index contributed by atoms with van der Waals surface area (Å²) in [5.41, 5.74) is 0.666. The number of aryl methyl sites for hydroxylation is 1. The van der Waals surface area contributed by atoms with E-state index >= 15 is 0 Å². The van der Waals surface area contributed by atoms with Crippen LogP contribution in [-0.4, -0.2) is 29.3 Å². The number of ether oxygens (including phenoxy) is 2. The second kappa shape index (κ2) is 6.94. The van der Waals surface area contributed by atoms with Crippen molar-refractivity contribution in [2.45, 2.75) is 12.8 Å². The number of benzene rings is 1. The number of fused-ring (bicyclic) bond motifs is 1. The van der Waals surface area contributed by atoms with Gasteiger partial charge in [-0.15, -0.1) is 21.5 Å². The number of hydrogen-bond acceptors (Lipinski definition) is 7. The van der Waals surface area contributed by atoms with E-state index in [1.807, 2.05) is 17.5 Å². The Balaban J connectivity index is 1.33. The molecule has 0 unspecified atom stereocenters. The van der Waals surface area contributed by atoms with Crippen LogP contribution < -0.4 is 14.8 Å². The third-order valence-electron chi connectivity index (χ3n) is 3.59. The maximum absolute atomic E-state index is 12.1.